The zero-order valence-corrected chi connectivity index (χ0v) is 16.2. The lowest BCUT2D eigenvalue weighted by Crippen LogP contribution is -2.51. The van der Waals surface area contributed by atoms with Crippen LogP contribution in [0.5, 0.6) is 0 Å². The SMILES string of the molecule is Cc1cnc2n(c1=O)C[C@H](C(=O)N1CCN(Cc3cccnc3)CC1)CS2. The lowest BCUT2D eigenvalue weighted by atomic mass is 10.1. The first-order valence-electron chi connectivity index (χ1n) is 9.21. The molecule has 0 saturated carbocycles. The molecule has 0 bridgehead atoms. The molecule has 27 heavy (non-hydrogen) atoms. The largest absolute Gasteiger partial charge is 0.340 e. The number of nitrogens with zero attached hydrogens (tertiary/aromatic N) is 5. The molecule has 0 N–H and O–H groups in total. The summed E-state index contributed by atoms with van der Waals surface area (Å²) in [7, 11) is 0. The first kappa shape index (κ1) is 18.2. The summed E-state index contributed by atoms with van der Waals surface area (Å²) in [6.07, 6.45) is 5.29. The van der Waals surface area contributed by atoms with E-state index in [0.29, 0.717) is 17.9 Å². The molecule has 7 nitrogen and oxygen atoms in total. The summed E-state index contributed by atoms with van der Waals surface area (Å²) >= 11 is 1.50. The second-order valence-corrected chi connectivity index (χ2v) is 8.10. The number of rotatable bonds is 3. The van der Waals surface area contributed by atoms with Crippen LogP contribution in [0.3, 0.4) is 0 Å². The summed E-state index contributed by atoms with van der Waals surface area (Å²) in [5.41, 5.74) is 1.78. The van der Waals surface area contributed by atoms with Gasteiger partial charge in [0.05, 0.1) is 5.92 Å². The monoisotopic (exact) mass is 385 g/mol. The second-order valence-electron chi connectivity index (χ2n) is 7.11. The summed E-state index contributed by atoms with van der Waals surface area (Å²) in [5, 5.41) is 0.718. The van der Waals surface area contributed by atoms with Crippen LogP contribution >= 0.6 is 11.8 Å². The molecule has 2 aliphatic rings. The number of amides is 1. The fourth-order valence-corrected chi connectivity index (χ4v) is 4.62. The van der Waals surface area contributed by atoms with Crippen LogP contribution in [0, 0.1) is 12.8 Å². The molecule has 8 heteroatoms. The molecule has 0 aliphatic carbocycles. The third kappa shape index (κ3) is 3.91. The van der Waals surface area contributed by atoms with Crippen molar-refractivity contribution in [1.29, 1.82) is 0 Å². The number of aromatic nitrogens is 3. The molecular weight excluding hydrogens is 362 g/mol. The minimum Gasteiger partial charge on any atom is -0.340 e. The van der Waals surface area contributed by atoms with E-state index in [4.69, 9.17) is 0 Å². The number of carbonyl (C=O) groups is 1. The van der Waals surface area contributed by atoms with Gasteiger partial charge < -0.3 is 4.90 Å². The van der Waals surface area contributed by atoms with Crippen molar-refractivity contribution in [2.45, 2.75) is 25.2 Å². The lowest BCUT2D eigenvalue weighted by molar-refractivity contribution is -0.137. The minimum atomic E-state index is -0.159. The average Bonchev–Trinajstić information content (AvgIpc) is 2.71. The van der Waals surface area contributed by atoms with Crippen LogP contribution in [-0.2, 0) is 17.9 Å². The Kier molecular flexibility index (Phi) is 5.27. The van der Waals surface area contributed by atoms with Gasteiger partial charge in [0.1, 0.15) is 0 Å². The van der Waals surface area contributed by atoms with Crippen molar-refractivity contribution in [3.8, 4) is 0 Å². The highest BCUT2D eigenvalue weighted by Crippen LogP contribution is 2.26. The van der Waals surface area contributed by atoms with Gasteiger partial charge in [-0.3, -0.25) is 24.0 Å². The molecule has 0 unspecified atom stereocenters. The van der Waals surface area contributed by atoms with E-state index in [2.05, 4.69) is 20.9 Å². The number of carbonyl (C=O) groups excluding carboxylic acids is 1. The Labute approximate surface area is 162 Å². The highest BCUT2D eigenvalue weighted by molar-refractivity contribution is 7.99. The summed E-state index contributed by atoms with van der Waals surface area (Å²) in [6.45, 7) is 6.24. The maximum Gasteiger partial charge on any atom is 0.257 e. The molecule has 1 saturated heterocycles. The van der Waals surface area contributed by atoms with Crippen LogP contribution in [0.1, 0.15) is 11.1 Å². The number of hydrogen-bond donors (Lipinski definition) is 0. The summed E-state index contributed by atoms with van der Waals surface area (Å²) in [6, 6.07) is 4.03. The summed E-state index contributed by atoms with van der Waals surface area (Å²) in [4.78, 5) is 38.1. The van der Waals surface area contributed by atoms with E-state index < -0.39 is 0 Å². The molecule has 1 atom stereocenters. The Morgan fingerprint density at radius 3 is 2.81 bits per heavy atom. The van der Waals surface area contributed by atoms with Gasteiger partial charge in [-0.05, 0) is 18.6 Å². The Morgan fingerprint density at radius 2 is 2.07 bits per heavy atom. The molecule has 4 rings (SSSR count). The predicted octanol–water partition coefficient (Wildman–Crippen LogP) is 1.01. The minimum absolute atomic E-state index is 0.0358. The molecule has 1 amide bonds. The van der Waals surface area contributed by atoms with Crippen LogP contribution in [0.4, 0.5) is 0 Å². The summed E-state index contributed by atoms with van der Waals surface area (Å²) in [5.74, 6) is 0.681. The van der Waals surface area contributed by atoms with Gasteiger partial charge in [-0.15, -0.1) is 0 Å². The Bertz CT molecular complexity index is 877. The molecule has 4 heterocycles. The van der Waals surface area contributed by atoms with E-state index in [1.54, 1.807) is 23.9 Å². The van der Waals surface area contributed by atoms with Gasteiger partial charge in [-0.2, -0.15) is 0 Å². The van der Waals surface area contributed by atoms with Gasteiger partial charge >= 0.3 is 0 Å². The third-order valence-electron chi connectivity index (χ3n) is 5.16. The molecule has 0 spiro atoms. The first-order valence-corrected chi connectivity index (χ1v) is 10.2. The van der Waals surface area contributed by atoms with Gasteiger partial charge in [-0.1, -0.05) is 17.8 Å². The van der Waals surface area contributed by atoms with Crippen LogP contribution < -0.4 is 5.56 Å². The third-order valence-corrected chi connectivity index (χ3v) is 6.31. The van der Waals surface area contributed by atoms with Crippen molar-refractivity contribution in [2.75, 3.05) is 31.9 Å². The van der Waals surface area contributed by atoms with Crippen LogP contribution in [-0.4, -0.2) is 62.2 Å². The normalized spacial score (nSPS) is 20.3. The Balaban J connectivity index is 1.36. The summed E-state index contributed by atoms with van der Waals surface area (Å²) < 4.78 is 1.66. The van der Waals surface area contributed by atoms with Gasteiger partial charge in [0, 0.05) is 69.2 Å². The van der Waals surface area contributed by atoms with Crippen LogP contribution in [0.2, 0.25) is 0 Å². The van der Waals surface area contributed by atoms with Crippen molar-refractivity contribution in [2.24, 2.45) is 5.92 Å². The van der Waals surface area contributed by atoms with E-state index in [1.807, 2.05) is 17.2 Å². The molecule has 2 aromatic rings. The van der Waals surface area contributed by atoms with Gasteiger partial charge in [0.15, 0.2) is 5.16 Å². The maximum atomic E-state index is 13.0. The average molecular weight is 385 g/mol. The van der Waals surface area contributed by atoms with Gasteiger partial charge in [0.2, 0.25) is 5.91 Å². The molecule has 142 valence electrons. The predicted molar refractivity (Wildman–Crippen MR) is 104 cm³/mol. The number of pyridine rings is 1. The smallest absolute Gasteiger partial charge is 0.257 e. The number of fused-ring (bicyclic) bond motifs is 1. The fourth-order valence-electron chi connectivity index (χ4n) is 3.58. The van der Waals surface area contributed by atoms with E-state index in [9.17, 15) is 9.59 Å². The first-order chi connectivity index (χ1) is 13.1. The van der Waals surface area contributed by atoms with Crippen LogP contribution in [0.25, 0.3) is 0 Å². The van der Waals surface area contributed by atoms with E-state index in [-0.39, 0.29) is 17.4 Å². The molecule has 0 radical (unpaired) electrons. The molecule has 1 fully saturated rings. The van der Waals surface area contributed by atoms with E-state index >= 15 is 0 Å². The van der Waals surface area contributed by atoms with E-state index in [1.165, 1.54) is 17.3 Å². The number of thioether (sulfide) groups is 1. The van der Waals surface area contributed by atoms with E-state index in [0.717, 1.165) is 37.9 Å². The zero-order chi connectivity index (χ0) is 18.8. The highest BCUT2D eigenvalue weighted by Gasteiger charge is 2.31. The van der Waals surface area contributed by atoms with Crippen molar-refractivity contribution < 1.29 is 4.79 Å². The highest BCUT2D eigenvalue weighted by atomic mass is 32.2. The topological polar surface area (TPSA) is 71.3 Å². The Morgan fingerprint density at radius 1 is 1.26 bits per heavy atom. The Hall–Kier alpha value is -2.19. The molecule has 0 aromatic carbocycles. The lowest BCUT2D eigenvalue weighted by Gasteiger charge is -2.37. The molecule has 2 aromatic heterocycles. The van der Waals surface area contributed by atoms with Crippen molar-refractivity contribution in [3.05, 3.63) is 52.2 Å². The standard InChI is InChI=1S/C19H23N5O2S/c1-14-9-21-19-24(17(14)25)12-16(13-27-19)18(26)23-7-5-22(6-8-23)11-15-3-2-4-20-10-15/h2-4,9-10,16H,5-8,11-13H2,1H3/t16-/m0/s1. The van der Waals surface area contributed by atoms with Crippen molar-refractivity contribution in [3.63, 3.8) is 0 Å². The van der Waals surface area contributed by atoms with Crippen LogP contribution in [0.15, 0.2) is 40.7 Å². The quantitative estimate of drug-likeness (QED) is 0.735. The zero-order valence-electron chi connectivity index (χ0n) is 15.4. The van der Waals surface area contributed by atoms with Crippen molar-refractivity contribution in [1.82, 2.24) is 24.3 Å². The number of aryl methyl sites for hydroxylation is 1. The van der Waals surface area contributed by atoms with Gasteiger partial charge in [-0.25, -0.2) is 4.98 Å². The maximum absolute atomic E-state index is 13.0. The fraction of sp³-hybridized carbons (Fsp3) is 0.474. The number of hydrogen-bond acceptors (Lipinski definition) is 6. The van der Waals surface area contributed by atoms with Crippen molar-refractivity contribution >= 4 is 17.7 Å². The number of piperazine rings is 1. The molecule has 2 aliphatic heterocycles. The molecular formula is C19H23N5O2S. The second kappa shape index (κ2) is 7.82. The van der Waals surface area contributed by atoms with Gasteiger partial charge in [0.25, 0.3) is 5.56 Å².